The highest BCUT2D eigenvalue weighted by molar-refractivity contribution is 6.30. The third kappa shape index (κ3) is 4.25. The third-order valence-electron chi connectivity index (χ3n) is 3.42. The maximum Gasteiger partial charge on any atom is 0.263 e. The number of rotatable bonds is 4. The fraction of sp³-hybridized carbons (Fsp3) is 0.533. The highest BCUT2D eigenvalue weighted by atomic mass is 35.5. The van der Waals surface area contributed by atoms with Crippen molar-refractivity contribution < 1.29 is 14.3 Å². The van der Waals surface area contributed by atoms with Gasteiger partial charge in [0.2, 0.25) is 0 Å². The molecule has 0 spiro atoms. The second-order valence-corrected chi connectivity index (χ2v) is 5.91. The summed E-state index contributed by atoms with van der Waals surface area (Å²) in [6.07, 6.45) is -0.704. The molecular formula is C15H19Cl2NO3. The van der Waals surface area contributed by atoms with Crippen molar-refractivity contribution in [2.75, 3.05) is 19.0 Å². The fourth-order valence-corrected chi connectivity index (χ4v) is 2.61. The van der Waals surface area contributed by atoms with Crippen molar-refractivity contribution in [1.29, 1.82) is 0 Å². The van der Waals surface area contributed by atoms with Gasteiger partial charge in [-0.3, -0.25) is 4.79 Å². The molecule has 6 heteroatoms. The molecule has 0 aliphatic carbocycles. The van der Waals surface area contributed by atoms with Gasteiger partial charge >= 0.3 is 0 Å². The van der Waals surface area contributed by atoms with E-state index in [0.29, 0.717) is 29.8 Å². The minimum atomic E-state index is -0.583. The lowest BCUT2D eigenvalue weighted by atomic mass is 10.2. The number of hydrogen-bond acceptors (Lipinski definition) is 3. The van der Waals surface area contributed by atoms with Crippen LogP contribution in [0, 0.1) is 0 Å². The molecule has 116 valence electrons. The van der Waals surface area contributed by atoms with Gasteiger partial charge in [-0.25, -0.2) is 0 Å². The first-order valence-corrected chi connectivity index (χ1v) is 7.82. The van der Waals surface area contributed by atoms with Crippen LogP contribution in [-0.2, 0) is 9.53 Å². The van der Waals surface area contributed by atoms with E-state index in [9.17, 15) is 4.79 Å². The molecule has 0 aromatic heterocycles. The van der Waals surface area contributed by atoms with Crippen molar-refractivity contribution in [3.63, 3.8) is 0 Å². The Morgan fingerprint density at radius 1 is 1.57 bits per heavy atom. The molecule has 1 saturated heterocycles. The van der Waals surface area contributed by atoms with Crippen molar-refractivity contribution in [3.05, 3.63) is 29.3 Å². The molecule has 0 saturated carbocycles. The van der Waals surface area contributed by atoms with Crippen molar-refractivity contribution in [2.45, 2.75) is 32.1 Å². The number of amides is 1. The van der Waals surface area contributed by atoms with Crippen LogP contribution in [-0.4, -0.2) is 48.1 Å². The Morgan fingerprint density at radius 3 is 3.00 bits per heavy atom. The van der Waals surface area contributed by atoms with E-state index in [1.54, 1.807) is 36.1 Å². The van der Waals surface area contributed by atoms with Crippen LogP contribution in [0.4, 0.5) is 0 Å². The highest BCUT2D eigenvalue weighted by Gasteiger charge is 2.32. The van der Waals surface area contributed by atoms with E-state index < -0.39 is 6.10 Å². The Labute approximate surface area is 134 Å². The van der Waals surface area contributed by atoms with Crippen LogP contribution < -0.4 is 4.74 Å². The van der Waals surface area contributed by atoms with Crippen LogP contribution in [0.3, 0.4) is 0 Å². The maximum atomic E-state index is 12.5. The number of benzene rings is 1. The normalized spacial score (nSPS) is 23.7. The number of ether oxygens (including phenoxy) is 2. The molecule has 3 unspecified atom stereocenters. The number of nitrogens with zero attached hydrogens (tertiary/aromatic N) is 1. The fourth-order valence-electron chi connectivity index (χ4n) is 2.25. The summed E-state index contributed by atoms with van der Waals surface area (Å²) in [5.41, 5.74) is 0. The highest BCUT2D eigenvalue weighted by Crippen LogP contribution is 2.20. The zero-order valence-electron chi connectivity index (χ0n) is 12.1. The number of hydrogen-bond donors (Lipinski definition) is 0. The number of carbonyl (C=O) groups excluding carboxylic acids is 1. The zero-order chi connectivity index (χ0) is 15.4. The summed E-state index contributed by atoms with van der Waals surface area (Å²) in [5.74, 6) is 0.888. The second-order valence-electron chi connectivity index (χ2n) is 5.17. The van der Waals surface area contributed by atoms with Crippen LogP contribution in [0.5, 0.6) is 5.75 Å². The summed E-state index contributed by atoms with van der Waals surface area (Å²) < 4.78 is 11.2. The molecule has 0 radical (unpaired) electrons. The lowest BCUT2D eigenvalue weighted by molar-refractivity contribution is -0.149. The molecule has 4 nitrogen and oxygen atoms in total. The molecule has 0 bridgehead atoms. The molecule has 1 aromatic carbocycles. The molecule has 1 heterocycles. The Hall–Kier alpha value is -0.970. The van der Waals surface area contributed by atoms with Gasteiger partial charge in [-0.1, -0.05) is 17.7 Å². The Kier molecular flexibility index (Phi) is 5.73. The van der Waals surface area contributed by atoms with Gasteiger partial charge < -0.3 is 14.4 Å². The van der Waals surface area contributed by atoms with E-state index in [4.69, 9.17) is 32.7 Å². The van der Waals surface area contributed by atoms with E-state index in [2.05, 4.69) is 0 Å². The predicted octanol–water partition coefficient (Wildman–Crippen LogP) is 2.96. The van der Waals surface area contributed by atoms with Crippen LogP contribution in [0.25, 0.3) is 0 Å². The standard InChI is InChI=1S/C15H19Cl2NO3/c1-10-9-20-14(7-16)8-18(10)15(19)11(2)21-13-5-3-4-12(17)6-13/h3-6,10-11,14H,7-9H2,1-2H3. The van der Waals surface area contributed by atoms with E-state index in [1.165, 1.54) is 0 Å². The molecule has 0 N–H and O–H groups in total. The quantitative estimate of drug-likeness (QED) is 0.796. The van der Waals surface area contributed by atoms with Gasteiger partial charge in [-0.05, 0) is 32.0 Å². The van der Waals surface area contributed by atoms with Gasteiger partial charge in [-0.15, -0.1) is 11.6 Å². The van der Waals surface area contributed by atoms with Crippen molar-refractivity contribution in [3.8, 4) is 5.75 Å². The number of morpholine rings is 1. The van der Waals surface area contributed by atoms with Gasteiger partial charge in [0.25, 0.3) is 5.91 Å². The number of halogens is 2. The Balaban J connectivity index is 2.00. The first kappa shape index (κ1) is 16.4. The molecule has 1 aliphatic heterocycles. The van der Waals surface area contributed by atoms with E-state index in [-0.39, 0.29) is 18.1 Å². The predicted molar refractivity (Wildman–Crippen MR) is 83.2 cm³/mol. The van der Waals surface area contributed by atoms with E-state index >= 15 is 0 Å². The van der Waals surface area contributed by atoms with Crippen LogP contribution in [0.15, 0.2) is 24.3 Å². The largest absolute Gasteiger partial charge is 0.481 e. The van der Waals surface area contributed by atoms with Crippen molar-refractivity contribution in [2.24, 2.45) is 0 Å². The van der Waals surface area contributed by atoms with Gasteiger partial charge in [0.1, 0.15) is 5.75 Å². The van der Waals surface area contributed by atoms with Gasteiger partial charge in [0.05, 0.1) is 24.6 Å². The Morgan fingerprint density at radius 2 is 2.33 bits per heavy atom. The summed E-state index contributed by atoms with van der Waals surface area (Å²) in [5, 5.41) is 0.578. The lowest BCUT2D eigenvalue weighted by Crippen LogP contribution is -2.54. The zero-order valence-corrected chi connectivity index (χ0v) is 13.6. The SMILES string of the molecule is CC(Oc1cccc(Cl)c1)C(=O)N1CC(CCl)OCC1C. The number of carbonyl (C=O) groups is 1. The Bertz CT molecular complexity index is 498. The van der Waals surface area contributed by atoms with Gasteiger partial charge in [-0.2, -0.15) is 0 Å². The minimum absolute atomic E-state index is 0.0161. The monoisotopic (exact) mass is 331 g/mol. The molecule has 1 aliphatic rings. The number of alkyl halides is 1. The molecule has 21 heavy (non-hydrogen) atoms. The second kappa shape index (κ2) is 7.34. The summed E-state index contributed by atoms with van der Waals surface area (Å²) in [6, 6.07) is 7.03. The van der Waals surface area contributed by atoms with Crippen molar-refractivity contribution >= 4 is 29.1 Å². The molecular weight excluding hydrogens is 313 g/mol. The first-order valence-electron chi connectivity index (χ1n) is 6.91. The van der Waals surface area contributed by atoms with Crippen molar-refractivity contribution in [1.82, 2.24) is 4.90 Å². The van der Waals surface area contributed by atoms with Gasteiger partial charge in [0.15, 0.2) is 6.10 Å². The van der Waals surface area contributed by atoms with E-state index in [0.717, 1.165) is 0 Å². The molecule has 1 amide bonds. The molecule has 1 aromatic rings. The summed E-state index contributed by atoms with van der Waals surface area (Å²) in [7, 11) is 0. The molecule has 2 rings (SSSR count). The lowest BCUT2D eigenvalue weighted by Gasteiger charge is -2.38. The van der Waals surface area contributed by atoms with Crippen LogP contribution in [0.1, 0.15) is 13.8 Å². The minimum Gasteiger partial charge on any atom is -0.481 e. The summed E-state index contributed by atoms with van der Waals surface area (Å²) >= 11 is 11.7. The smallest absolute Gasteiger partial charge is 0.263 e. The average molecular weight is 332 g/mol. The third-order valence-corrected chi connectivity index (χ3v) is 4.00. The first-order chi connectivity index (χ1) is 10.0. The average Bonchev–Trinajstić information content (AvgIpc) is 2.47. The molecule has 3 atom stereocenters. The summed E-state index contributed by atoms with van der Waals surface area (Å²) in [4.78, 5) is 14.3. The van der Waals surface area contributed by atoms with E-state index in [1.807, 2.05) is 6.92 Å². The topological polar surface area (TPSA) is 38.8 Å². The van der Waals surface area contributed by atoms with Crippen LogP contribution in [0.2, 0.25) is 5.02 Å². The van der Waals surface area contributed by atoms with Crippen LogP contribution >= 0.6 is 23.2 Å². The summed E-state index contributed by atoms with van der Waals surface area (Å²) in [6.45, 7) is 4.68. The van der Waals surface area contributed by atoms with Gasteiger partial charge in [0, 0.05) is 11.6 Å². The maximum absolute atomic E-state index is 12.5. The molecule has 1 fully saturated rings.